The molecule has 1 N–H and O–H groups in total. The van der Waals surface area contributed by atoms with E-state index < -0.39 is 5.54 Å². The molecule has 0 unspecified atom stereocenters. The summed E-state index contributed by atoms with van der Waals surface area (Å²) in [6, 6.07) is 9.80. The number of rotatable bonds is 3. The lowest BCUT2D eigenvalue weighted by Crippen LogP contribution is -2.40. The van der Waals surface area contributed by atoms with Crippen LogP contribution in [0.4, 0.5) is 0 Å². The molecule has 2 rings (SSSR count). The van der Waals surface area contributed by atoms with Gasteiger partial charge in [0.2, 0.25) is 0 Å². The molecule has 1 aromatic carbocycles. The zero-order chi connectivity index (χ0) is 14.0. The molecule has 0 bridgehead atoms. The summed E-state index contributed by atoms with van der Waals surface area (Å²) in [6.45, 7) is 3.99. The molecule has 19 heavy (non-hydrogen) atoms. The molecule has 0 atom stereocenters. The average molecular weight is 403 g/mol. The first-order valence-corrected chi connectivity index (χ1v) is 8.17. The van der Waals surface area contributed by atoms with Gasteiger partial charge in [0, 0.05) is 9.85 Å². The van der Waals surface area contributed by atoms with Gasteiger partial charge in [-0.1, -0.05) is 28.1 Å². The van der Waals surface area contributed by atoms with Gasteiger partial charge in [-0.25, -0.2) is 0 Å². The number of benzene rings is 1. The second-order valence-electron chi connectivity index (χ2n) is 4.73. The van der Waals surface area contributed by atoms with E-state index in [1.165, 1.54) is 11.3 Å². The van der Waals surface area contributed by atoms with Crippen LogP contribution in [0, 0.1) is 0 Å². The predicted octanol–water partition coefficient (Wildman–Crippen LogP) is 4.94. The zero-order valence-corrected chi connectivity index (χ0v) is 14.5. The molecule has 1 heterocycles. The molecule has 0 fully saturated rings. The minimum Gasteiger partial charge on any atom is -0.343 e. The van der Waals surface area contributed by atoms with Crippen LogP contribution in [0.25, 0.3) is 0 Å². The lowest BCUT2D eigenvalue weighted by atomic mass is 9.94. The maximum atomic E-state index is 12.2. The van der Waals surface area contributed by atoms with Gasteiger partial charge in [0.25, 0.3) is 5.91 Å². The fraction of sp³-hybridized carbons (Fsp3) is 0.214. The van der Waals surface area contributed by atoms with E-state index in [4.69, 9.17) is 0 Å². The number of thiophene rings is 1. The Morgan fingerprint density at radius 2 is 1.84 bits per heavy atom. The fourth-order valence-corrected chi connectivity index (χ4v) is 3.12. The highest BCUT2D eigenvalue weighted by atomic mass is 79.9. The second-order valence-corrected chi connectivity index (χ2v) is 7.93. The van der Waals surface area contributed by atoms with Crippen molar-refractivity contribution in [3.63, 3.8) is 0 Å². The van der Waals surface area contributed by atoms with Crippen LogP contribution in [0.1, 0.15) is 29.8 Å². The average Bonchev–Trinajstić information content (AvgIpc) is 2.76. The number of carbonyl (C=O) groups excluding carboxylic acids is 1. The van der Waals surface area contributed by atoms with E-state index in [1.54, 1.807) is 0 Å². The first kappa shape index (κ1) is 14.8. The molecule has 1 amide bonds. The van der Waals surface area contributed by atoms with Crippen molar-refractivity contribution in [2.24, 2.45) is 0 Å². The van der Waals surface area contributed by atoms with Gasteiger partial charge in [-0.2, -0.15) is 0 Å². The maximum Gasteiger partial charge on any atom is 0.252 e. The Morgan fingerprint density at radius 1 is 1.21 bits per heavy atom. The van der Waals surface area contributed by atoms with Gasteiger partial charge in [-0.05, 0) is 53.5 Å². The van der Waals surface area contributed by atoms with Crippen LogP contribution in [0.5, 0.6) is 0 Å². The number of amides is 1. The Hall–Kier alpha value is -0.650. The van der Waals surface area contributed by atoms with Crippen LogP contribution < -0.4 is 5.32 Å². The quantitative estimate of drug-likeness (QED) is 0.773. The normalized spacial score (nSPS) is 11.4. The summed E-state index contributed by atoms with van der Waals surface area (Å²) in [4.78, 5) is 12.2. The van der Waals surface area contributed by atoms with Crippen molar-refractivity contribution in [3.8, 4) is 0 Å². The molecule has 0 aliphatic rings. The maximum absolute atomic E-state index is 12.2. The summed E-state index contributed by atoms with van der Waals surface area (Å²) in [5, 5.41) is 4.90. The Morgan fingerprint density at radius 3 is 2.37 bits per heavy atom. The summed E-state index contributed by atoms with van der Waals surface area (Å²) >= 11 is 8.28. The van der Waals surface area contributed by atoms with Crippen molar-refractivity contribution < 1.29 is 4.79 Å². The minimum atomic E-state index is -0.411. The van der Waals surface area contributed by atoms with Crippen LogP contribution in [-0.2, 0) is 5.54 Å². The third kappa shape index (κ3) is 3.68. The number of hydrogen-bond acceptors (Lipinski definition) is 2. The molecule has 1 aromatic heterocycles. The second kappa shape index (κ2) is 5.77. The Bertz CT molecular complexity index is 590. The number of carbonyl (C=O) groups is 1. The summed E-state index contributed by atoms with van der Waals surface area (Å²) in [7, 11) is 0. The molecule has 2 nitrogen and oxygen atoms in total. The van der Waals surface area contributed by atoms with Crippen LogP contribution in [0.15, 0.2) is 44.0 Å². The first-order valence-electron chi connectivity index (χ1n) is 5.71. The van der Waals surface area contributed by atoms with Crippen molar-refractivity contribution in [2.45, 2.75) is 19.4 Å². The van der Waals surface area contributed by atoms with E-state index in [0.29, 0.717) is 5.56 Å². The van der Waals surface area contributed by atoms with E-state index in [9.17, 15) is 4.79 Å². The summed E-state index contributed by atoms with van der Waals surface area (Å²) in [5.41, 5.74) is 1.34. The Labute approximate surface area is 133 Å². The van der Waals surface area contributed by atoms with E-state index in [1.807, 2.05) is 49.6 Å². The molecular formula is C14H13Br2NOS. The topological polar surface area (TPSA) is 29.1 Å². The van der Waals surface area contributed by atoms with Gasteiger partial charge in [-0.3, -0.25) is 4.79 Å². The highest BCUT2D eigenvalue weighted by Gasteiger charge is 2.23. The summed E-state index contributed by atoms with van der Waals surface area (Å²) in [5.74, 6) is -0.0603. The van der Waals surface area contributed by atoms with Crippen molar-refractivity contribution in [1.82, 2.24) is 5.32 Å². The molecule has 0 saturated heterocycles. The van der Waals surface area contributed by atoms with Gasteiger partial charge in [0.15, 0.2) is 0 Å². The van der Waals surface area contributed by atoms with Gasteiger partial charge >= 0.3 is 0 Å². The largest absolute Gasteiger partial charge is 0.343 e. The van der Waals surface area contributed by atoms with Gasteiger partial charge < -0.3 is 5.32 Å². The first-order chi connectivity index (χ1) is 8.88. The standard InChI is InChI=1S/C14H13Br2NOS/c1-14(2,10-3-5-11(15)6-4-10)17-13(18)9-7-12(16)19-8-9/h3-8H,1-2H3,(H,17,18). The molecular weight excluding hydrogens is 390 g/mol. The van der Waals surface area contributed by atoms with Crippen LogP contribution in [0.3, 0.4) is 0 Å². The smallest absolute Gasteiger partial charge is 0.252 e. The van der Waals surface area contributed by atoms with Crippen LogP contribution >= 0.6 is 43.2 Å². The molecule has 2 aromatic rings. The lowest BCUT2D eigenvalue weighted by molar-refractivity contribution is 0.0912. The number of nitrogens with one attached hydrogen (secondary N) is 1. The predicted molar refractivity (Wildman–Crippen MR) is 86.7 cm³/mol. The highest BCUT2D eigenvalue weighted by Crippen LogP contribution is 2.24. The monoisotopic (exact) mass is 401 g/mol. The third-order valence-electron chi connectivity index (χ3n) is 2.82. The fourth-order valence-electron chi connectivity index (χ4n) is 1.72. The SMILES string of the molecule is CC(C)(NC(=O)c1csc(Br)c1)c1ccc(Br)cc1. The molecule has 0 radical (unpaired) electrons. The van der Waals surface area contributed by atoms with Crippen LogP contribution in [-0.4, -0.2) is 5.91 Å². The van der Waals surface area contributed by atoms with Crippen molar-refractivity contribution in [2.75, 3.05) is 0 Å². The van der Waals surface area contributed by atoms with Gasteiger partial charge in [0.1, 0.15) is 0 Å². The van der Waals surface area contributed by atoms with E-state index in [-0.39, 0.29) is 5.91 Å². The van der Waals surface area contributed by atoms with Crippen molar-refractivity contribution in [3.05, 3.63) is 55.1 Å². The van der Waals surface area contributed by atoms with Crippen molar-refractivity contribution >= 4 is 49.1 Å². The van der Waals surface area contributed by atoms with E-state index in [0.717, 1.165) is 13.8 Å². The minimum absolute atomic E-state index is 0.0603. The number of halogens is 2. The third-order valence-corrected chi connectivity index (χ3v) is 4.85. The Kier molecular flexibility index (Phi) is 4.48. The summed E-state index contributed by atoms with van der Waals surface area (Å²) < 4.78 is 1.99. The van der Waals surface area contributed by atoms with E-state index >= 15 is 0 Å². The van der Waals surface area contributed by atoms with Gasteiger partial charge in [-0.15, -0.1) is 11.3 Å². The molecule has 100 valence electrons. The molecule has 5 heteroatoms. The molecule has 0 saturated carbocycles. The molecule has 0 aliphatic heterocycles. The van der Waals surface area contributed by atoms with Crippen molar-refractivity contribution in [1.29, 1.82) is 0 Å². The Balaban J connectivity index is 2.17. The van der Waals surface area contributed by atoms with E-state index in [2.05, 4.69) is 37.2 Å². The van der Waals surface area contributed by atoms with Crippen LogP contribution in [0.2, 0.25) is 0 Å². The molecule has 0 aliphatic carbocycles. The van der Waals surface area contributed by atoms with Gasteiger partial charge in [0.05, 0.1) is 14.9 Å². The number of hydrogen-bond donors (Lipinski definition) is 1. The summed E-state index contributed by atoms with van der Waals surface area (Å²) in [6.07, 6.45) is 0. The highest BCUT2D eigenvalue weighted by molar-refractivity contribution is 9.11. The lowest BCUT2D eigenvalue weighted by Gasteiger charge is -2.26. The molecule has 0 spiro atoms. The zero-order valence-electron chi connectivity index (χ0n) is 10.5.